The summed E-state index contributed by atoms with van der Waals surface area (Å²) in [6.07, 6.45) is -3.48. The zero-order chi connectivity index (χ0) is 26.5. The number of benzene rings is 1. The first-order valence-corrected chi connectivity index (χ1v) is 12.2. The number of carbonyl (C=O) groups is 1. The molecule has 2 aromatic rings. The molecule has 1 aromatic carbocycles. The molecule has 2 amide bonds. The minimum Gasteiger partial charge on any atom is -0.463 e. The lowest BCUT2D eigenvalue weighted by atomic mass is 10.2. The maximum Gasteiger partial charge on any atom is 0.408 e. The highest BCUT2D eigenvalue weighted by Gasteiger charge is 2.55. The molecule has 0 bridgehead atoms. The molecule has 0 spiro atoms. The van der Waals surface area contributed by atoms with Crippen LogP contribution in [0.5, 0.6) is 0 Å². The molecule has 196 valence electrons. The minimum atomic E-state index is -4.75. The van der Waals surface area contributed by atoms with Crippen molar-refractivity contribution in [2.75, 3.05) is 19.7 Å². The first kappa shape index (κ1) is 24.8. The zero-order valence-electron chi connectivity index (χ0n) is 19.2. The summed E-state index contributed by atoms with van der Waals surface area (Å²) in [5, 5.41) is 2.49. The lowest BCUT2D eigenvalue weighted by Gasteiger charge is -2.31. The van der Waals surface area contributed by atoms with Gasteiger partial charge in [0.1, 0.15) is 24.3 Å². The average molecular weight is 539 g/mol. The highest BCUT2D eigenvalue weighted by atomic mass is 32.2. The number of carbonyl (C=O) groups excluding carboxylic acids is 1. The van der Waals surface area contributed by atoms with E-state index in [0.717, 1.165) is 20.5 Å². The molecule has 12 nitrogen and oxygen atoms in total. The van der Waals surface area contributed by atoms with Crippen molar-refractivity contribution in [3.63, 3.8) is 0 Å². The van der Waals surface area contributed by atoms with Crippen molar-refractivity contribution in [3.05, 3.63) is 59.7 Å². The SMILES string of the molecule is Cc1ccc(S(=O)(=O)OCCN2C(=O)N(CC(F)(F)F)N3C4=C(c5ccco5)N=CN(N)C4=NC23)cc1. The predicted octanol–water partition coefficient (Wildman–Crippen LogP) is 2.09. The van der Waals surface area contributed by atoms with Crippen LogP contribution in [0, 0.1) is 6.92 Å². The summed E-state index contributed by atoms with van der Waals surface area (Å²) in [6, 6.07) is 7.98. The van der Waals surface area contributed by atoms with Crippen molar-refractivity contribution in [2.24, 2.45) is 15.8 Å². The fourth-order valence-corrected chi connectivity index (χ4v) is 4.90. The van der Waals surface area contributed by atoms with Crippen LogP contribution < -0.4 is 5.84 Å². The zero-order valence-corrected chi connectivity index (χ0v) is 20.0. The number of aliphatic imine (C=N–C) groups is 2. The number of alkyl halides is 3. The third kappa shape index (κ3) is 4.54. The lowest BCUT2D eigenvalue weighted by molar-refractivity contribution is -0.158. The summed E-state index contributed by atoms with van der Waals surface area (Å²) in [6.45, 7) is -0.752. The highest BCUT2D eigenvalue weighted by Crippen LogP contribution is 2.40. The Bertz CT molecular complexity index is 1400. The molecule has 5 rings (SSSR count). The molecule has 0 saturated carbocycles. The Balaban J connectivity index is 1.45. The number of nitrogens with two attached hydrogens (primary N) is 1. The molecule has 1 saturated heterocycles. The molecule has 37 heavy (non-hydrogen) atoms. The number of urea groups is 1. The largest absolute Gasteiger partial charge is 0.463 e. The van der Waals surface area contributed by atoms with E-state index in [9.17, 15) is 26.4 Å². The van der Waals surface area contributed by atoms with Crippen LogP contribution in [-0.4, -0.2) is 78.7 Å². The van der Waals surface area contributed by atoms with Gasteiger partial charge in [0.25, 0.3) is 10.1 Å². The van der Waals surface area contributed by atoms with E-state index in [1.54, 1.807) is 31.2 Å². The molecule has 2 N–H and O–H groups in total. The number of hydrogen-bond donors (Lipinski definition) is 1. The number of amides is 2. The number of furan rings is 1. The maximum absolute atomic E-state index is 13.5. The molecule has 1 aromatic heterocycles. The predicted molar refractivity (Wildman–Crippen MR) is 122 cm³/mol. The van der Waals surface area contributed by atoms with Gasteiger partial charge in [-0.2, -0.15) is 21.6 Å². The summed E-state index contributed by atoms with van der Waals surface area (Å²) in [4.78, 5) is 22.5. The normalized spacial score (nSPS) is 19.6. The van der Waals surface area contributed by atoms with Crippen LogP contribution >= 0.6 is 0 Å². The molecule has 0 radical (unpaired) electrons. The van der Waals surface area contributed by atoms with Crippen molar-refractivity contribution < 1.29 is 35.0 Å². The standard InChI is InChI=1S/C21H20F3N7O5S/c1-13-4-6-14(7-5-13)37(33,34)36-10-8-28-19-27-18-17(31(19)30(20(28)32)11-21(22,23)24)16(26-12-29(18)25)15-3-2-9-35-15/h2-7,9,12,19H,8,10-11,25H2,1H3. The van der Waals surface area contributed by atoms with E-state index in [4.69, 9.17) is 14.4 Å². The monoisotopic (exact) mass is 539 g/mol. The number of fused-ring (bicyclic) bond motifs is 3. The van der Waals surface area contributed by atoms with Crippen molar-refractivity contribution >= 4 is 34.0 Å². The first-order chi connectivity index (χ1) is 17.5. The van der Waals surface area contributed by atoms with Gasteiger partial charge in [-0.25, -0.2) is 35.6 Å². The van der Waals surface area contributed by atoms with Gasteiger partial charge in [-0.1, -0.05) is 17.7 Å². The first-order valence-electron chi connectivity index (χ1n) is 10.8. The van der Waals surface area contributed by atoms with Crippen LogP contribution in [0.1, 0.15) is 11.3 Å². The molecule has 3 aliphatic rings. The Hall–Kier alpha value is -3.89. The van der Waals surface area contributed by atoms with E-state index in [-0.39, 0.29) is 34.4 Å². The molecule has 3 aliphatic heterocycles. The number of aryl methyl sites for hydroxylation is 1. The van der Waals surface area contributed by atoms with Crippen molar-refractivity contribution in [3.8, 4) is 0 Å². The summed E-state index contributed by atoms with van der Waals surface area (Å²) >= 11 is 0. The van der Waals surface area contributed by atoms with Crippen molar-refractivity contribution in [2.45, 2.75) is 24.3 Å². The van der Waals surface area contributed by atoms with Gasteiger partial charge in [-0.15, -0.1) is 0 Å². The van der Waals surface area contributed by atoms with Gasteiger partial charge in [0.15, 0.2) is 11.6 Å². The maximum atomic E-state index is 13.5. The van der Waals surface area contributed by atoms with E-state index in [1.165, 1.54) is 24.7 Å². The van der Waals surface area contributed by atoms with E-state index < -0.39 is 41.8 Å². The van der Waals surface area contributed by atoms with E-state index in [1.807, 2.05) is 0 Å². The molecule has 16 heteroatoms. The van der Waals surface area contributed by atoms with Gasteiger partial charge < -0.3 is 4.42 Å². The Labute approximate surface area is 208 Å². The topological polar surface area (TPSA) is 137 Å². The third-order valence-electron chi connectivity index (χ3n) is 5.65. The molecule has 1 fully saturated rings. The third-order valence-corrected chi connectivity index (χ3v) is 6.97. The second kappa shape index (κ2) is 8.89. The Kier molecular flexibility index (Phi) is 5.96. The quantitative estimate of drug-likeness (QED) is 0.417. The Morgan fingerprint density at radius 1 is 1.19 bits per heavy atom. The van der Waals surface area contributed by atoms with Crippen LogP contribution in [0.2, 0.25) is 0 Å². The minimum absolute atomic E-state index is 0.0262. The van der Waals surface area contributed by atoms with E-state index in [0.29, 0.717) is 5.01 Å². The number of hydrazine groups is 2. The average Bonchev–Trinajstić information content (AvgIpc) is 3.53. The second-order valence-corrected chi connectivity index (χ2v) is 9.82. The van der Waals surface area contributed by atoms with Gasteiger partial charge >= 0.3 is 12.2 Å². The van der Waals surface area contributed by atoms with Crippen LogP contribution in [-0.2, 0) is 14.3 Å². The Morgan fingerprint density at radius 3 is 2.57 bits per heavy atom. The van der Waals surface area contributed by atoms with Gasteiger partial charge in [-0.3, -0.25) is 9.08 Å². The number of hydrogen-bond acceptors (Lipinski definition) is 10. The molecule has 1 unspecified atom stereocenters. The number of rotatable bonds is 7. The fourth-order valence-electron chi connectivity index (χ4n) is 4.01. The molecule has 0 aliphatic carbocycles. The molecule has 1 atom stereocenters. The van der Waals surface area contributed by atoms with Crippen LogP contribution in [0.4, 0.5) is 18.0 Å². The number of halogens is 3. The lowest BCUT2D eigenvalue weighted by Crippen LogP contribution is -2.48. The van der Waals surface area contributed by atoms with Gasteiger partial charge in [0.05, 0.1) is 24.3 Å². The summed E-state index contributed by atoms with van der Waals surface area (Å²) in [5.41, 5.74) is 0.987. The van der Waals surface area contributed by atoms with Crippen molar-refractivity contribution in [1.29, 1.82) is 0 Å². The van der Waals surface area contributed by atoms with Crippen LogP contribution in [0.3, 0.4) is 0 Å². The summed E-state index contributed by atoms with van der Waals surface area (Å²) in [5.74, 6) is 6.20. The van der Waals surface area contributed by atoms with Gasteiger partial charge in [-0.05, 0) is 31.2 Å². The number of amidine groups is 1. The van der Waals surface area contributed by atoms with Crippen LogP contribution in [0.25, 0.3) is 5.70 Å². The van der Waals surface area contributed by atoms with E-state index in [2.05, 4.69) is 9.98 Å². The fraction of sp³-hybridized carbons (Fsp3) is 0.286. The second-order valence-electron chi connectivity index (χ2n) is 8.21. The molecular weight excluding hydrogens is 519 g/mol. The number of nitrogens with zero attached hydrogens (tertiary/aromatic N) is 6. The molecule has 4 heterocycles. The van der Waals surface area contributed by atoms with Gasteiger partial charge in [0.2, 0.25) is 6.29 Å². The molecular formula is C21H20F3N7O5S. The Morgan fingerprint density at radius 2 is 1.92 bits per heavy atom. The van der Waals surface area contributed by atoms with Crippen molar-refractivity contribution in [1.82, 2.24) is 19.9 Å². The summed E-state index contributed by atoms with van der Waals surface area (Å²) in [7, 11) is -4.17. The summed E-state index contributed by atoms with van der Waals surface area (Å²) < 4.78 is 75.9. The smallest absolute Gasteiger partial charge is 0.408 e. The highest BCUT2D eigenvalue weighted by molar-refractivity contribution is 7.86. The van der Waals surface area contributed by atoms with E-state index >= 15 is 0 Å². The van der Waals surface area contributed by atoms with Gasteiger partial charge in [0, 0.05) is 0 Å². The van der Waals surface area contributed by atoms with Crippen LogP contribution in [0.15, 0.2) is 67.7 Å².